The first-order valence-corrected chi connectivity index (χ1v) is 5.90. The van der Waals surface area contributed by atoms with E-state index in [2.05, 4.69) is 0 Å². The number of hydrogen-bond acceptors (Lipinski definition) is 4. The van der Waals surface area contributed by atoms with Crippen molar-refractivity contribution in [3.8, 4) is 0 Å². The summed E-state index contributed by atoms with van der Waals surface area (Å²) in [6.07, 6.45) is 2.51. The molecule has 4 heteroatoms. The van der Waals surface area contributed by atoms with Gasteiger partial charge in [-0.05, 0) is 12.8 Å². The van der Waals surface area contributed by atoms with E-state index in [4.69, 9.17) is 9.47 Å². The number of rotatable bonds is 3. The summed E-state index contributed by atoms with van der Waals surface area (Å²) in [6, 6.07) is 0. The largest absolute Gasteiger partial charge is 0.389 e. The molecule has 76 valence electrons. The van der Waals surface area contributed by atoms with Crippen LogP contribution in [0, 0.1) is 0 Å². The maximum atomic E-state index is 9.48. The van der Waals surface area contributed by atoms with Crippen LogP contribution in [-0.4, -0.2) is 48.1 Å². The Morgan fingerprint density at radius 2 is 2.31 bits per heavy atom. The summed E-state index contributed by atoms with van der Waals surface area (Å²) < 4.78 is 10.7. The molecule has 0 aromatic rings. The fourth-order valence-corrected chi connectivity index (χ4v) is 2.91. The molecule has 1 N–H and O–H groups in total. The van der Waals surface area contributed by atoms with Crippen molar-refractivity contribution >= 4 is 11.8 Å². The lowest BCUT2D eigenvalue weighted by Gasteiger charge is -2.14. The Balaban J connectivity index is 1.66. The van der Waals surface area contributed by atoms with Crippen molar-refractivity contribution in [3.63, 3.8) is 0 Å². The van der Waals surface area contributed by atoms with Gasteiger partial charge in [-0.25, -0.2) is 0 Å². The van der Waals surface area contributed by atoms with Crippen LogP contribution in [0.4, 0.5) is 0 Å². The predicted molar refractivity (Wildman–Crippen MR) is 52.0 cm³/mol. The number of thioether (sulfide) groups is 1. The third-order valence-electron chi connectivity index (χ3n) is 2.52. The van der Waals surface area contributed by atoms with Gasteiger partial charge in [0.15, 0.2) is 0 Å². The fourth-order valence-electron chi connectivity index (χ4n) is 1.69. The molecule has 0 radical (unpaired) electrons. The lowest BCUT2D eigenvalue weighted by Crippen LogP contribution is -2.22. The summed E-state index contributed by atoms with van der Waals surface area (Å²) in [4.78, 5) is 0. The number of hydrogen-bond donors (Lipinski definition) is 1. The molecule has 0 aromatic carbocycles. The van der Waals surface area contributed by atoms with Gasteiger partial charge in [-0.1, -0.05) is 0 Å². The SMILES string of the molecule is O[C@@H]1COC[C@H]1SCC1CCCO1. The van der Waals surface area contributed by atoms with Crippen LogP contribution in [0.5, 0.6) is 0 Å². The normalized spacial score (nSPS) is 39.9. The molecule has 3 atom stereocenters. The van der Waals surface area contributed by atoms with E-state index < -0.39 is 0 Å². The van der Waals surface area contributed by atoms with Crippen LogP contribution in [-0.2, 0) is 9.47 Å². The second kappa shape index (κ2) is 4.64. The van der Waals surface area contributed by atoms with Gasteiger partial charge in [-0.15, -0.1) is 0 Å². The van der Waals surface area contributed by atoms with Crippen LogP contribution in [0.25, 0.3) is 0 Å². The molecule has 0 saturated carbocycles. The molecule has 0 aromatic heterocycles. The third kappa shape index (κ3) is 2.59. The first kappa shape index (κ1) is 9.77. The average Bonchev–Trinajstić information content (AvgIpc) is 2.72. The second-order valence-corrected chi connectivity index (χ2v) is 4.88. The first-order chi connectivity index (χ1) is 6.36. The Hall–Kier alpha value is 0.230. The van der Waals surface area contributed by atoms with Gasteiger partial charge in [0.1, 0.15) is 0 Å². The van der Waals surface area contributed by atoms with Crippen LogP contribution in [0.2, 0.25) is 0 Å². The number of ether oxygens (including phenoxy) is 2. The number of aliphatic hydroxyl groups excluding tert-OH is 1. The van der Waals surface area contributed by atoms with Gasteiger partial charge in [-0.3, -0.25) is 0 Å². The zero-order valence-corrected chi connectivity index (χ0v) is 8.46. The monoisotopic (exact) mass is 204 g/mol. The van der Waals surface area contributed by atoms with E-state index in [0.717, 1.165) is 12.4 Å². The topological polar surface area (TPSA) is 38.7 Å². The minimum Gasteiger partial charge on any atom is -0.389 e. The zero-order chi connectivity index (χ0) is 9.10. The summed E-state index contributed by atoms with van der Waals surface area (Å²) in [5.74, 6) is 1.01. The highest BCUT2D eigenvalue weighted by atomic mass is 32.2. The van der Waals surface area contributed by atoms with Gasteiger partial charge in [0.05, 0.1) is 30.7 Å². The maximum Gasteiger partial charge on any atom is 0.0914 e. The molecule has 2 aliphatic heterocycles. The third-order valence-corrected chi connectivity index (χ3v) is 3.96. The summed E-state index contributed by atoms with van der Waals surface area (Å²) in [5.41, 5.74) is 0. The molecule has 2 rings (SSSR count). The molecule has 0 aliphatic carbocycles. The van der Waals surface area contributed by atoms with Gasteiger partial charge < -0.3 is 14.6 Å². The van der Waals surface area contributed by atoms with E-state index in [1.165, 1.54) is 12.8 Å². The van der Waals surface area contributed by atoms with E-state index >= 15 is 0 Å². The zero-order valence-electron chi connectivity index (χ0n) is 7.65. The Bertz CT molecular complexity index is 159. The van der Waals surface area contributed by atoms with Crippen LogP contribution in [0.1, 0.15) is 12.8 Å². The van der Waals surface area contributed by atoms with Crippen molar-refractivity contribution in [2.45, 2.75) is 30.3 Å². The molecule has 2 saturated heterocycles. The Morgan fingerprint density at radius 3 is 2.92 bits per heavy atom. The quantitative estimate of drug-likeness (QED) is 0.733. The highest BCUT2D eigenvalue weighted by Crippen LogP contribution is 2.25. The standard InChI is InChI=1S/C9H16O3S/c10-8-4-11-5-9(8)13-6-7-2-1-3-12-7/h7-10H,1-6H2/t7?,8-,9-/m1/s1. The van der Waals surface area contributed by atoms with Crippen LogP contribution in [0.15, 0.2) is 0 Å². The molecular formula is C9H16O3S. The summed E-state index contributed by atoms with van der Waals surface area (Å²) in [5, 5.41) is 9.74. The van der Waals surface area contributed by atoms with Gasteiger partial charge in [0.25, 0.3) is 0 Å². The van der Waals surface area contributed by atoms with Crippen molar-refractivity contribution in [2.75, 3.05) is 25.6 Å². The van der Waals surface area contributed by atoms with Crippen molar-refractivity contribution in [1.29, 1.82) is 0 Å². The lowest BCUT2D eigenvalue weighted by molar-refractivity contribution is 0.126. The molecule has 3 nitrogen and oxygen atoms in total. The summed E-state index contributed by atoms with van der Waals surface area (Å²) in [6.45, 7) is 2.11. The smallest absolute Gasteiger partial charge is 0.0914 e. The molecule has 1 unspecified atom stereocenters. The first-order valence-electron chi connectivity index (χ1n) is 4.85. The second-order valence-electron chi connectivity index (χ2n) is 3.61. The van der Waals surface area contributed by atoms with Gasteiger partial charge in [-0.2, -0.15) is 11.8 Å². The van der Waals surface area contributed by atoms with E-state index in [-0.39, 0.29) is 11.4 Å². The molecular weight excluding hydrogens is 188 g/mol. The van der Waals surface area contributed by atoms with Crippen molar-refractivity contribution < 1.29 is 14.6 Å². The molecule has 0 bridgehead atoms. The van der Waals surface area contributed by atoms with E-state index in [0.29, 0.717) is 19.3 Å². The predicted octanol–water partition coefficient (Wildman–Crippen LogP) is 0.658. The van der Waals surface area contributed by atoms with Crippen LogP contribution in [0.3, 0.4) is 0 Å². The van der Waals surface area contributed by atoms with E-state index in [1.807, 2.05) is 0 Å². The molecule has 0 amide bonds. The Kier molecular flexibility index (Phi) is 3.49. The fraction of sp³-hybridized carbons (Fsp3) is 1.00. The van der Waals surface area contributed by atoms with Crippen LogP contribution < -0.4 is 0 Å². The van der Waals surface area contributed by atoms with Crippen molar-refractivity contribution in [2.24, 2.45) is 0 Å². The Labute approximate surface area is 82.8 Å². The Morgan fingerprint density at radius 1 is 1.38 bits per heavy atom. The number of aliphatic hydroxyl groups is 1. The van der Waals surface area contributed by atoms with Crippen LogP contribution >= 0.6 is 11.8 Å². The van der Waals surface area contributed by atoms with Crippen molar-refractivity contribution in [1.82, 2.24) is 0 Å². The molecule has 2 fully saturated rings. The average molecular weight is 204 g/mol. The van der Waals surface area contributed by atoms with Crippen molar-refractivity contribution in [3.05, 3.63) is 0 Å². The maximum absolute atomic E-state index is 9.48. The van der Waals surface area contributed by atoms with E-state index in [9.17, 15) is 5.11 Å². The summed E-state index contributed by atoms with van der Waals surface area (Å²) >= 11 is 1.79. The van der Waals surface area contributed by atoms with Gasteiger partial charge >= 0.3 is 0 Å². The molecule has 0 spiro atoms. The van der Waals surface area contributed by atoms with E-state index in [1.54, 1.807) is 11.8 Å². The molecule has 2 aliphatic rings. The highest BCUT2D eigenvalue weighted by molar-refractivity contribution is 8.00. The minimum atomic E-state index is -0.272. The molecule has 2 heterocycles. The minimum absolute atomic E-state index is 0.268. The summed E-state index contributed by atoms with van der Waals surface area (Å²) in [7, 11) is 0. The highest BCUT2D eigenvalue weighted by Gasteiger charge is 2.28. The molecule has 13 heavy (non-hydrogen) atoms. The van der Waals surface area contributed by atoms with Gasteiger partial charge in [0.2, 0.25) is 0 Å². The van der Waals surface area contributed by atoms with Gasteiger partial charge in [0, 0.05) is 12.4 Å². The lowest BCUT2D eigenvalue weighted by atomic mass is 10.3.